The Morgan fingerprint density at radius 3 is 3.00 bits per heavy atom. The van der Waals surface area contributed by atoms with E-state index in [1.54, 1.807) is 4.90 Å². The van der Waals surface area contributed by atoms with Crippen LogP contribution < -0.4 is 5.73 Å². The first kappa shape index (κ1) is 9.32. The van der Waals surface area contributed by atoms with Gasteiger partial charge in [0.05, 0.1) is 6.54 Å². The lowest BCUT2D eigenvalue weighted by Gasteiger charge is -2.12. The van der Waals surface area contributed by atoms with E-state index in [-0.39, 0.29) is 12.1 Å². The van der Waals surface area contributed by atoms with E-state index in [9.17, 15) is 4.79 Å². The predicted molar refractivity (Wildman–Crippen MR) is 45.8 cm³/mol. The van der Waals surface area contributed by atoms with Gasteiger partial charge in [0, 0.05) is 12.6 Å². The Labute approximate surface area is 72.7 Å². The molecule has 0 aromatic heterocycles. The van der Waals surface area contributed by atoms with Crippen molar-refractivity contribution in [2.45, 2.75) is 25.8 Å². The summed E-state index contributed by atoms with van der Waals surface area (Å²) in [6.45, 7) is 4.03. The third-order valence-electron chi connectivity index (χ3n) is 1.93. The van der Waals surface area contributed by atoms with Crippen molar-refractivity contribution < 1.29 is 9.53 Å². The van der Waals surface area contributed by atoms with Gasteiger partial charge in [0.1, 0.15) is 6.61 Å². The maximum atomic E-state index is 10.9. The van der Waals surface area contributed by atoms with Gasteiger partial charge < -0.3 is 15.4 Å². The molecule has 1 heterocycles. The lowest BCUT2D eigenvalue weighted by Crippen LogP contribution is -2.26. The molecule has 1 rings (SSSR count). The minimum absolute atomic E-state index is 0.181. The van der Waals surface area contributed by atoms with E-state index in [1.165, 1.54) is 0 Å². The van der Waals surface area contributed by atoms with Crippen molar-refractivity contribution in [1.29, 1.82) is 0 Å². The van der Waals surface area contributed by atoms with E-state index in [0.29, 0.717) is 6.61 Å². The van der Waals surface area contributed by atoms with E-state index >= 15 is 0 Å². The Morgan fingerprint density at radius 2 is 2.50 bits per heavy atom. The Balaban J connectivity index is 2.10. The minimum atomic E-state index is -0.181. The highest BCUT2D eigenvalue weighted by molar-refractivity contribution is 5.69. The van der Waals surface area contributed by atoms with Crippen LogP contribution in [0.5, 0.6) is 0 Å². The highest BCUT2D eigenvalue weighted by Crippen LogP contribution is 2.05. The Hall–Kier alpha value is -0.770. The van der Waals surface area contributed by atoms with Crippen molar-refractivity contribution in [2.24, 2.45) is 5.73 Å². The molecule has 1 unspecified atom stereocenters. The highest BCUT2D eigenvalue weighted by Gasteiger charge is 2.20. The van der Waals surface area contributed by atoms with Gasteiger partial charge in [-0.1, -0.05) is 0 Å². The molecule has 1 aliphatic rings. The van der Waals surface area contributed by atoms with Gasteiger partial charge in [0.25, 0.3) is 0 Å². The van der Waals surface area contributed by atoms with E-state index < -0.39 is 0 Å². The zero-order valence-corrected chi connectivity index (χ0v) is 7.45. The second-order valence-corrected chi connectivity index (χ2v) is 3.22. The Bertz CT molecular complexity index is 159. The van der Waals surface area contributed by atoms with Crippen LogP contribution in [0.4, 0.5) is 4.79 Å². The molecule has 1 saturated heterocycles. The molecule has 1 atom stereocenters. The van der Waals surface area contributed by atoms with Crippen LogP contribution in [0.1, 0.15) is 19.8 Å². The first-order valence-electron chi connectivity index (χ1n) is 4.37. The van der Waals surface area contributed by atoms with Gasteiger partial charge in [-0.25, -0.2) is 4.79 Å². The van der Waals surface area contributed by atoms with Crippen LogP contribution in [0.15, 0.2) is 0 Å². The maximum absolute atomic E-state index is 10.9. The summed E-state index contributed by atoms with van der Waals surface area (Å²) in [7, 11) is 0. The van der Waals surface area contributed by atoms with Crippen molar-refractivity contribution in [1.82, 2.24) is 4.90 Å². The summed E-state index contributed by atoms with van der Waals surface area (Å²) in [6.07, 6.45) is 1.75. The van der Waals surface area contributed by atoms with Gasteiger partial charge in [-0.3, -0.25) is 0 Å². The van der Waals surface area contributed by atoms with Gasteiger partial charge in [0.15, 0.2) is 0 Å². The van der Waals surface area contributed by atoms with Gasteiger partial charge in [0.2, 0.25) is 0 Å². The standard InChI is InChI=1S/C8H16N2O2/c1-7(9)3-2-4-10-5-6-12-8(10)11/h7H,2-6,9H2,1H3. The number of hydrogen-bond acceptors (Lipinski definition) is 3. The molecule has 4 nitrogen and oxygen atoms in total. The summed E-state index contributed by atoms with van der Waals surface area (Å²) < 4.78 is 4.78. The van der Waals surface area contributed by atoms with Gasteiger partial charge in [-0.05, 0) is 19.8 Å². The fraction of sp³-hybridized carbons (Fsp3) is 0.875. The molecule has 1 fully saturated rings. The molecule has 0 radical (unpaired) electrons. The molecule has 4 heteroatoms. The summed E-state index contributed by atoms with van der Waals surface area (Å²) >= 11 is 0. The Morgan fingerprint density at radius 1 is 1.75 bits per heavy atom. The van der Waals surface area contributed by atoms with Crippen LogP contribution in [0.3, 0.4) is 0 Å². The molecule has 1 aliphatic heterocycles. The molecule has 2 N–H and O–H groups in total. The van der Waals surface area contributed by atoms with Crippen LogP contribution in [0.2, 0.25) is 0 Å². The van der Waals surface area contributed by atoms with Crippen LogP contribution >= 0.6 is 0 Å². The van der Waals surface area contributed by atoms with Crippen LogP contribution in [0.25, 0.3) is 0 Å². The first-order valence-corrected chi connectivity index (χ1v) is 4.37. The topological polar surface area (TPSA) is 55.6 Å². The fourth-order valence-corrected chi connectivity index (χ4v) is 1.23. The van der Waals surface area contributed by atoms with Crippen LogP contribution in [-0.2, 0) is 4.74 Å². The van der Waals surface area contributed by atoms with E-state index in [0.717, 1.165) is 25.9 Å². The normalized spacial score (nSPS) is 19.5. The second-order valence-electron chi connectivity index (χ2n) is 3.22. The quantitative estimate of drug-likeness (QED) is 0.674. The average Bonchev–Trinajstić information content (AvgIpc) is 2.36. The summed E-state index contributed by atoms with van der Waals surface area (Å²) in [4.78, 5) is 12.6. The molecule has 1 amide bonds. The number of cyclic esters (lactones) is 1. The Kier molecular flexibility index (Phi) is 3.34. The molecule has 0 spiro atoms. The van der Waals surface area contributed by atoms with Crippen molar-refractivity contribution in [3.63, 3.8) is 0 Å². The molecule has 0 bridgehead atoms. The summed E-state index contributed by atoms with van der Waals surface area (Å²) in [6, 6.07) is 0.226. The van der Waals surface area contributed by atoms with Crippen molar-refractivity contribution >= 4 is 6.09 Å². The SMILES string of the molecule is CC(N)CCCN1CCOC1=O. The molecule has 12 heavy (non-hydrogen) atoms. The highest BCUT2D eigenvalue weighted by atomic mass is 16.6. The van der Waals surface area contributed by atoms with Gasteiger partial charge in [-0.2, -0.15) is 0 Å². The molecule has 70 valence electrons. The first-order chi connectivity index (χ1) is 5.70. The predicted octanol–water partition coefficient (Wildman–Crippen LogP) is 0.566. The van der Waals surface area contributed by atoms with Crippen LogP contribution in [0, 0.1) is 0 Å². The molecular formula is C8H16N2O2. The molecular weight excluding hydrogens is 156 g/mol. The average molecular weight is 172 g/mol. The van der Waals surface area contributed by atoms with Gasteiger partial charge >= 0.3 is 6.09 Å². The maximum Gasteiger partial charge on any atom is 0.409 e. The molecule has 0 saturated carbocycles. The van der Waals surface area contributed by atoms with Crippen molar-refractivity contribution in [3.05, 3.63) is 0 Å². The number of carbonyl (C=O) groups excluding carboxylic acids is 1. The largest absolute Gasteiger partial charge is 0.448 e. The monoisotopic (exact) mass is 172 g/mol. The summed E-state index contributed by atoms with van der Waals surface area (Å²) in [5.74, 6) is 0. The number of rotatable bonds is 4. The van der Waals surface area contributed by atoms with E-state index in [2.05, 4.69) is 0 Å². The van der Waals surface area contributed by atoms with Crippen LogP contribution in [-0.4, -0.2) is 36.7 Å². The zero-order valence-electron chi connectivity index (χ0n) is 7.45. The minimum Gasteiger partial charge on any atom is -0.448 e. The molecule has 0 aromatic carbocycles. The number of amides is 1. The molecule has 0 aromatic rings. The van der Waals surface area contributed by atoms with Crippen molar-refractivity contribution in [2.75, 3.05) is 19.7 Å². The molecule has 0 aliphatic carbocycles. The number of nitrogens with two attached hydrogens (primary N) is 1. The van der Waals surface area contributed by atoms with E-state index in [1.807, 2.05) is 6.92 Å². The third-order valence-corrected chi connectivity index (χ3v) is 1.93. The zero-order chi connectivity index (χ0) is 8.97. The van der Waals surface area contributed by atoms with Gasteiger partial charge in [-0.15, -0.1) is 0 Å². The lowest BCUT2D eigenvalue weighted by molar-refractivity contribution is 0.158. The fourth-order valence-electron chi connectivity index (χ4n) is 1.23. The number of carbonyl (C=O) groups is 1. The number of nitrogens with zero attached hydrogens (tertiary/aromatic N) is 1. The number of ether oxygens (including phenoxy) is 1. The smallest absolute Gasteiger partial charge is 0.409 e. The summed E-state index contributed by atoms with van der Waals surface area (Å²) in [5.41, 5.74) is 5.58. The van der Waals surface area contributed by atoms with E-state index in [4.69, 9.17) is 10.5 Å². The van der Waals surface area contributed by atoms with Crippen molar-refractivity contribution in [3.8, 4) is 0 Å². The third kappa shape index (κ3) is 2.70. The second kappa shape index (κ2) is 4.30. The number of hydrogen-bond donors (Lipinski definition) is 1. The lowest BCUT2D eigenvalue weighted by atomic mass is 10.2. The summed E-state index contributed by atoms with van der Waals surface area (Å²) in [5, 5.41) is 0.